The summed E-state index contributed by atoms with van der Waals surface area (Å²) < 4.78 is 6.66. The quantitative estimate of drug-likeness (QED) is 0.354. The van der Waals surface area contributed by atoms with Gasteiger partial charge >= 0.3 is 0 Å². The molecule has 2 saturated carbocycles. The number of fused-ring (bicyclic) bond motifs is 1. The molecule has 2 nitrogen and oxygen atoms in total. The monoisotopic (exact) mass is 392 g/mol. The van der Waals surface area contributed by atoms with Gasteiger partial charge in [0, 0.05) is 12.3 Å². The van der Waals surface area contributed by atoms with E-state index in [4.69, 9.17) is 4.43 Å². The van der Waals surface area contributed by atoms with Crippen LogP contribution in [0.15, 0.2) is 12.2 Å². The van der Waals surface area contributed by atoms with E-state index in [1.165, 1.54) is 12.8 Å². The van der Waals surface area contributed by atoms with Crippen LogP contribution in [0.2, 0.25) is 18.1 Å². The van der Waals surface area contributed by atoms with Crippen LogP contribution in [0.25, 0.3) is 0 Å². The summed E-state index contributed by atoms with van der Waals surface area (Å²) in [4.78, 5) is 12.4. The molecule has 0 aliphatic heterocycles. The van der Waals surface area contributed by atoms with Crippen molar-refractivity contribution in [3.8, 4) is 0 Å². The molecule has 0 bridgehead atoms. The van der Waals surface area contributed by atoms with Crippen molar-refractivity contribution in [2.45, 2.75) is 111 Å². The van der Waals surface area contributed by atoms with Crippen LogP contribution in [0.5, 0.6) is 0 Å². The average Bonchev–Trinajstić information content (AvgIpc) is 2.83. The molecule has 0 saturated heterocycles. The zero-order valence-corrected chi connectivity index (χ0v) is 20.4. The molecule has 0 heterocycles. The van der Waals surface area contributed by atoms with Gasteiger partial charge in [0.25, 0.3) is 0 Å². The molecule has 156 valence electrons. The third-order valence-corrected chi connectivity index (χ3v) is 12.6. The summed E-state index contributed by atoms with van der Waals surface area (Å²) in [5.74, 6) is 2.04. The SMILES string of the molecule is C[C@@H](C=CCC(C)(C)O[Si](C)(C)C(C)(C)C)[C@H]1CC[C@H]2C(=O)CCC[C@]12C. The van der Waals surface area contributed by atoms with Gasteiger partial charge in [-0.3, -0.25) is 4.79 Å². The van der Waals surface area contributed by atoms with Gasteiger partial charge in [0.15, 0.2) is 8.32 Å². The predicted molar refractivity (Wildman–Crippen MR) is 118 cm³/mol. The van der Waals surface area contributed by atoms with Gasteiger partial charge in [0.2, 0.25) is 0 Å². The van der Waals surface area contributed by atoms with E-state index < -0.39 is 8.32 Å². The highest BCUT2D eigenvalue weighted by Gasteiger charge is 2.52. The summed E-state index contributed by atoms with van der Waals surface area (Å²) in [5, 5.41) is 0.238. The molecule has 0 spiro atoms. The van der Waals surface area contributed by atoms with Crippen LogP contribution >= 0.6 is 0 Å². The minimum atomic E-state index is -1.76. The van der Waals surface area contributed by atoms with Gasteiger partial charge in [-0.15, -0.1) is 0 Å². The van der Waals surface area contributed by atoms with E-state index in [0.29, 0.717) is 23.5 Å². The molecule has 0 radical (unpaired) electrons. The first-order chi connectivity index (χ1) is 12.2. The van der Waals surface area contributed by atoms with Gasteiger partial charge in [-0.1, -0.05) is 46.8 Å². The minimum Gasteiger partial charge on any atom is -0.412 e. The van der Waals surface area contributed by atoms with Crippen molar-refractivity contribution < 1.29 is 9.22 Å². The second-order valence-corrected chi connectivity index (χ2v) is 16.4. The van der Waals surface area contributed by atoms with Crippen molar-refractivity contribution in [2.75, 3.05) is 0 Å². The van der Waals surface area contributed by atoms with Gasteiger partial charge in [-0.2, -0.15) is 0 Å². The van der Waals surface area contributed by atoms with Crippen LogP contribution in [0.4, 0.5) is 0 Å². The van der Waals surface area contributed by atoms with Gasteiger partial charge in [-0.25, -0.2) is 0 Å². The van der Waals surface area contributed by atoms with Crippen molar-refractivity contribution in [3.05, 3.63) is 12.2 Å². The summed E-state index contributed by atoms with van der Waals surface area (Å²) >= 11 is 0. The summed E-state index contributed by atoms with van der Waals surface area (Å²) in [6, 6.07) is 0. The zero-order chi connectivity index (χ0) is 20.7. The highest BCUT2D eigenvalue weighted by atomic mass is 28.4. The van der Waals surface area contributed by atoms with Crippen LogP contribution in [-0.2, 0) is 9.22 Å². The zero-order valence-electron chi connectivity index (χ0n) is 19.4. The number of Topliss-reactive ketones (excluding diaryl/α,β-unsaturated/α-hetero) is 1. The molecule has 2 aliphatic rings. The number of carbonyl (C=O) groups is 1. The highest BCUT2D eigenvalue weighted by Crippen LogP contribution is 2.56. The van der Waals surface area contributed by atoms with E-state index in [0.717, 1.165) is 25.7 Å². The second-order valence-electron chi connectivity index (χ2n) is 11.7. The lowest BCUT2D eigenvalue weighted by atomic mass is 9.62. The minimum absolute atomic E-state index is 0.123. The molecule has 0 aromatic rings. The molecule has 0 unspecified atom stereocenters. The number of hydrogen-bond acceptors (Lipinski definition) is 2. The number of hydrogen-bond donors (Lipinski definition) is 0. The largest absolute Gasteiger partial charge is 0.412 e. The fraction of sp³-hybridized carbons (Fsp3) is 0.875. The molecule has 2 fully saturated rings. The lowest BCUT2D eigenvalue weighted by molar-refractivity contribution is -0.129. The topological polar surface area (TPSA) is 26.3 Å². The van der Waals surface area contributed by atoms with Gasteiger partial charge < -0.3 is 4.43 Å². The van der Waals surface area contributed by atoms with Crippen molar-refractivity contribution >= 4 is 14.1 Å². The van der Waals surface area contributed by atoms with Crippen molar-refractivity contribution in [1.29, 1.82) is 0 Å². The maximum atomic E-state index is 12.4. The number of rotatable bonds is 6. The van der Waals surface area contributed by atoms with Crippen molar-refractivity contribution in [2.24, 2.45) is 23.2 Å². The second kappa shape index (κ2) is 7.78. The predicted octanol–water partition coefficient (Wildman–Crippen LogP) is 7.15. The smallest absolute Gasteiger partial charge is 0.192 e. The van der Waals surface area contributed by atoms with E-state index in [9.17, 15) is 4.79 Å². The Bertz CT molecular complexity index is 569. The summed E-state index contributed by atoms with van der Waals surface area (Å²) in [7, 11) is -1.76. The molecule has 2 rings (SSSR count). The molecule has 0 aromatic heterocycles. The molecule has 27 heavy (non-hydrogen) atoms. The molecule has 0 N–H and O–H groups in total. The number of ketones is 1. The van der Waals surface area contributed by atoms with Crippen LogP contribution in [0.3, 0.4) is 0 Å². The van der Waals surface area contributed by atoms with E-state index in [2.05, 4.69) is 73.7 Å². The highest BCUT2D eigenvalue weighted by molar-refractivity contribution is 6.74. The number of allylic oxidation sites excluding steroid dienone is 1. The first-order valence-electron chi connectivity index (χ1n) is 11.1. The van der Waals surface area contributed by atoms with Crippen LogP contribution in [-0.4, -0.2) is 19.7 Å². The lowest BCUT2D eigenvalue weighted by Gasteiger charge is -2.43. The maximum Gasteiger partial charge on any atom is 0.192 e. The fourth-order valence-corrected chi connectivity index (χ4v) is 7.19. The molecular formula is C24H44O2Si. The Kier molecular flexibility index (Phi) is 6.59. The fourth-order valence-electron chi connectivity index (χ4n) is 5.42. The Morgan fingerprint density at radius 1 is 1.22 bits per heavy atom. The Morgan fingerprint density at radius 2 is 1.85 bits per heavy atom. The average molecular weight is 393 g/mol. The van der Waals surface area contributed by atoms with Crippen LogP contribution in [0.1, 0.15) is 87.0 Å². The van der Waals surface area contributed by atoms with Gasteiger partial charge in [0.1, 0.15) is 5.78 Å². The summed E-state index contributed by atoms with van der Waals surface area (Å²) in [6.07, 6.45) is 11.2. The van der Waals surface area contributed by atoms with Crippen molar-refractivity contribution in [3.63, 3.8) is 0 Å². The third-order valence-electron chi connectivity index (χ3n) is 7.96. The Morgan fingerprint density at radius 3 is 2.44 bits per heavy atom. The number of carbonyl (C=O) groups excluding carboxylic acids is 1. The molecule has 0 amide bonds. The van der Waals surface area contributed by atoms with Crippen LogP contribution in [0, 0.1) is 23.2 Å². The molecule has 2 aliphatic carbocycles. The molecule has 4 atom stereocenters. The normalized spacial score (nSPS) is 31.4. The first kappa shape index (κ1) is 22.9. The Labute approximate surface area is 169 Å². The van der Waals surface area contributed by atoms with Crippen LogP contribution < -0.4 is 0 Å². The van der Waals surface area contributed by atoms with Gasteiger partial charge in [-0.05, 0) is 81.3 Å². The Hall–Kier alpha value is -0.413. The first-order valence-corrected chi connectivity index (χ1v) is 14.0. The van der Waals surface area contributed by atoms with Crippen molar-refractivity contribution in [1.82, 2.24) is 0 Å². The molecule has 3 heteroatoms. The van der Waals surface area contributed by atoms with E-state index in [1.54, 1.807) is 0 Å². The van der Waals surface area contributed by atoms with E-state index in [1.807, 2.05) is 0 Å². The third kappa shape index (κ3) is 4.96. The maximum absolute atomic E-state index is 12.4. The standard InChI is InChI=1S/C24H44O2Si/c1-18(19-14-15-20-21(25)13-11-17-24(19,20)7)12-10-16-23(5,6)26-27(8,9)22(2,3)4/h10,12,18-20H,11,13-17H2,1-9H3/t18-,19+,20-,24+/m0/s1. The summed E-state index contributed by atoms with van der Waals surface area (Å²) in [5.41, 5.74) is 0.106. The lowest BCUT2D eigenvalue weighted by Crippen LogP contribution is -2.47. The molecule has 0 aromatic carbocycles. The van der Waals surface area contributed by atoms with Gasteiger partial charge in [0.05, 0.1) is 5.60 Å². The summed E-state index contributed by atoms with van der Waals surface area (Å²) in [6.45, 7) is 20.8. The van der Waals surface area contributed by atoms with E-state index >= 15 is 0 Å². The van der Waals surface area contributed by atoms with E-state index in [-0.39, 0.29) is 16.1 Å². The Balaban J connectivity index is 1.98. The molecular weight excluding hydrogens is 348 g/mol.